The van der Waals surface area contributed by atoms with Crippen molar-refractivity contribution in [1.82, 2.24) is 15.6 Å². The molecule has 0 aliphatic heterocycles. The van der Waals surface area contributed by atoms with E-state index in [-0.39, 0.29) is 5.82 Å². The number of H-pyrrole nitrogens is 1. The summed E-state index contributed by atoms with van der Waals surface area (Å²) in [6, 6.07) is 14.8. The molecule has 4 nitrogen and oxygen atoms in total. The van der Waals surface area contributed by atoms with Gasteiger partial charge in [0.2, 0.25) is 0 Å². The van der Waals surface area contributed by atoms with Gasteiger partial charge in [-0.1, -0.05) is 30.3 Å². The van der Waals surface area contributed by atoms with Gasteiger partial charge in [-0.3, -0.25) is 4.99 Å². The number of hydrogen-bond donors (Lipinski definition) is 3. The fraction of sp³-hybridized carbons (Fsp3) is 0.250. The van der Waals surface area contributed by atoms with E-state index in [2.05, 4.69) is 45.0 Å². The van der Waals surface area contributed by atoms with Crippen LogP contribution in [0.4, 0.5) is 4.39 Å². The minimum atomic E-state index is -0.219. The van der Waals surface area contributed by atoms with Crippen LogP contribution in [0.1, 0.15) is 17.5 Å². The normalized spacial score (nSPS) is 11.7. The summed E-state index contributed by atoms with van der Waals surface area (Å²) in [5, 5.41) is 7.85. The molecule has 130 valence electrons. The Kier molecular flexibility index (Phi) is 5.67. The van der Waals surface area contributed by atoms with Gasteiger partial charge < -0.3 is 15.6 Å². The van der Waals surface area contributed by atoms with Crippen LogP contribution in [0.2, 0.25) is 0 Å². The van der Waals surface area contributed by atoms with Crippen molar-refractivity contribution in [1.29, 1.82) is 0 Å². The maximum Gasteiger partial charge on any atom is 0.191 e. The molecule has 0 saturated carbocycles. The van der Waals surface area contributed by atoms with E-state index >= 15 is 0 Å². The number of para-hydroxylation sites is 1. The topological polar surface area (TPSA) is 52.2 Å². The average molecular weight is 338 g/mol. The standard InChI is InChI=1S/C20H23FN4/c1-22-20(25-13-15-8-10-17(21)11-9-15)23-12-4-5-16-14-24-19-7-3-2-6-18(16)19/h2-3,6-11,14,24H,4-5,12-13H2,1H3,(H2,22,23,25). The van der Waals surface area contributed by atoms with Crippen LogP contribution in [0.5, 0.6) is 0 Å². The van der Waals surface area contributed by atoms with Crippen LogP contribution in [-0.4, -0.2) is 24.5 Å². The second kappa shape index (κ2) is 8.33. The molecule has 0 amide bonds. The molecule has 2 aromatic carbocycles. The molecule has 0 radical (unpaired) electrons. The third kappa shape index (κ3) is 4.59. The molecule has 1 heterocycles. The number of aryl methyl sites for hydroxylation is 1. The highest BCUT2D eigenvalue weighted by Crippen LogP contribution is 2.18. The van der Waals surface area contributed by atoms with E-state index in [1.165, 1.54) is 28.6 Å². The third-order valence-corrected chi connectivity index (χ3v) is 4.19. The van der Waals surface area contributed by atoms with Gasteiger partial charge in [-0.15, -0.1) is 0 Å². The minimum Gasteiger partial charge on any atom is -0.361 e. The summed E-state index contributed by atoms with van der Waals surface area (Å²) in [6.07, 6.45) is 4.11. The number of benzene rings is 2. The number of nitrogens with zero attached hydrogens (tertiary/aromatic N) is 1. The van der Waals surface area contributed by atoms with Gasteiger partial charge in [-0.2, -0.15) is 0 Å². The first-order chi connectivity index (χ1) is 12.3. The second-order valence-corrected chi connectivity index (χ2v) is 5.94. The van der Waals surface area contributed by atoms with E-state index in [1.54, 1.807) is 19.2 Å². The molecule has 3 N–H and O–H groups in total. The van der Waals surface area contributed by atoms with E-state index in [0.29, 0.717) is 6.54 Å². The van der Waals surface area contributed by atoms with Crippen molar-refractivity contribution in [2.45, 2.75) is 19.4 Å². The number of aromatic amines is 1. The van der Waals surface area contributed by atoms with Gasteiger partial charge in [0.25, 0.3) is 0 Å². The zero-order valence-electron chi connectivity index (χ0n) is 14.3. The Bertz CT molecular complexity index is 836. The van der Waals surface area contributed by atoms with Crippen molar-refractivity contribution in [3.8, 4) is 0 Å². The Morgan fingerprint density at radius 3 is 2.68 bits per heavy atom. The van der Waals surface area contributed by atoms with Crippen molar-refractivity contribution >= 4 is 16.9 Å². The van der Waals surface area contributed by atoms with Crippen LogP contribution >= 0.6 is 0 Å². The zero-order valence-corrected chi connectivity index (χ0v) is 14.3. The summed E-state index contributed by atoms with van der Waals surface area (Å²) in [6.45, 7) is 1.45. The van der Waals surface area contributed by atoms with Crippen LogP contribution in [0.3, 0.4) is 0 Å². The summed E-state index contributed by atoms with van der Waals surface area (Å²) in [7, 11) is 1.75. The number of hydrogen-bond acceptors (Lipinski definition) is 1. The van der Waals surface area contributed by atoms with E-state index in [4.69, 9.17) is 0 Å². The highest BCUT2D eigenvalue weighted by atomic mass is 19.1. The van der Waals surface area contributed by atoms with Gasteiger partial charge in [0.15, 0.2) is 5.96 Å². The van der Waals surface area contributed by atoms with Crippen LogP contribution in [0, 0.1) is 5.82 Å². The van der Waals surface area contributed by atoms with Gasteiger partial charge in [-0.25, -0.2) is 4.39 Å². The van der Waals surface area contributed by atoms with E-state index < -0.39 is 0 Å². The van der Waals surface area contributed by atoms with Gasteiger partial charge in [0.05, 0.1) is 0 Å². The van der Waals surface area contributed by atoms with E-state index in [1.807, 2.05) is 6.07 Å². The number of aromatic nitrogens is 1. The molecule has 0 aliphatic carbocycles. The zero-order chi connectivity index (χ0) is 17.5. The number of rotatable bonds is 6. The average Bonchev–Trinajstić information content (AvgIpc) is 3.06. The summed E-state index contributed by atoms with van der Waals surface area (Å²) in [5.41, 5.74) is 3.54. The second-order valence-electron chi connectivity index (χ2n) is 5.94. The van der Waals surface area contributed by atoms with Crippen LogP contribution < -0.4 is 10.6 Å². The number of fused-ring (bicyclic) bond motifs is 1. The SMILES string of the molecule is CN=C(NCCCc1c[nH]c2ccccc12)NCc1ccc(F)cc1. The molecule has 25 heavy (non-hydrogen) atoms. The van der Waals surface area contributed by atoms with Crippen molar-refractivity contribution in [2.24, 2.45) is 4.99 Å². The van der Waals surface area contributed by atoms with Gasteiger partial charge in [-0.05, 0) is 42.2 Å². The summed E-state index contributed by atoms with van der Waals surface area (Å²) in [4.78, 5) is 7.53. The van der Waals surface area contributed by atoms with Crippen LogP contribution in [-0.2, 0) is 13.0 Å². The van der Waals surface area contributed by atoms with Crippen molar-refractivity contribution in [2.75, 3.05) is 13.6 Å². The summed E-state index contributed by atoms with van der Waals surface area (Å²) < 4.78 is 12.9. The predicted octanol–water partition coefficient (Wildman–Crippen LogP) is 3.60. The van der Waals surface area contributed by atoms with E-state index in [0.717, 1.165) is 30.9 Å². The lowest BCUT2D eigenvalue weighted by molar-refractivity contribution is 0.626. The van der Waals surface area contributed by atoms with Crippen LogP contribution in [0.15, 0.2) is 59.7 Å². The lowest BCUT2D eigenvalue weighted by Gasteiger charge is -2.12. The van der Waals surface area contributed by atoms with Crippen molar-refractivity contribution in [3.05, 3.63) is 71.7 Å². The third-order valence-electron chi connectivity index (χ3n) is 4.19. The van der Waals surface area contributed by atoms with Gasteiger partial charge >= 0.3 is 0 Å². The van der Waals surface area contributed by atoms with Gasteiger partial charge in [0, 0.05) is 37.2 Å². The summed E-state index contributed by atoms with van der Waals surface area (Å²) >= 11 is 0. The first-order valence-electron chi connectivity index (χ1n) is 8.50. The molecular formula is C20H23FN4. The fourth-order valence-corrected chi connectivity index (χ4v) is 2.83. The molecule has 0 spiro atoms. The number of halogens is 1. The number of guanidine groups is 1. The maximum atomic E-state index is 12.9. The van der Waals surface area contributed by atoms with E-state index in [9.17, 15) is 4.39 Å². The highest BCUT2D eigenvalue weighted by Gasteiger charge is 2.03. The molecule has 0 saturated heterocycles. The molecular weight excluding hydrogens is 315 g/mol. The lowest BCUT2D eigenvalue weighted by Crippen LogP contribution is -2.37. The Labute approximate surface area is 147 Å². The Morgan fingerprint density at radius 1 is 1.08 bits per heavy atom. The Hall–Kier alpha value is -2.82. The molecule has 3 rings (SSSR count). The van der Waals surface area contributed by atoms with Crippen LogP contribution in [0.25, 0.3) is 10.9 Å². The molecule has 3 aromatic rings. The first kappa shape index (κ1) is 17.0. The first-order valence-corrected chi connectivity index (χ1v) is 8.50. The quantitative estimate of drug-likeness (QED) is 0.365. The number of nitrogens with one attached hydrogen (secondary N) is 3. The maximum absolute atomic E-state index is 12.9. The fourth-order valence-electron chi connectivity index (χ4n) is 2.83. The summed E-state index contributed by atoms with van der Waals surface area (Å²) in [5.74, 6) is 0.534. The Morgan fingerprint density at radius 2 is 1.88 bits per heavy atom. The molecule has 0 unspecified atom stereocenters. The highest BCUT2D eigenvalue weighted by molar-refractivity contribution is 5.83. The van der Waals surface area contributed by atoms with Gasteiger partial charge in [0.1, 0.15) is 5.82 Å². The Balaban J connectivity index is 1.43. The predicted molar refractivity (Wildman–Crippen MR) is 101 cm³/mol. The molecule has 0 fully saturated rings. The van der Waals surface area contributed by atoms with Crippen molar-refractivity contribution in [3.63, 3.8) is 0 Å². The molecule has 5 heteroatoms. The monoisotopic (exact) mass is 338 g/mol. The molecule has 1 aromatic heterocycles. The lowest BCUT2D eigenvalue weighted by atomic mass is 10.1. The molecule has 0 bridgehead atoms. The minimum absolute atomic E-state index is 0.219. The van der Waals surface area contributed by atoms with Crippen molar-refractivity contribution < 1.29 is 4.39 Å². The molecule has 0 aliphatic rings. The number of aliphatic imine (C=N–C) groups is 1. The smallest absolute Gasteiger partial charge is 0.191 e. The molecule has 0 atom stereocenters. The largest absolute Gasteiger partial charge is 0.361 e.